The summed E-state index contributed by atoms with van der Waals surface area (Å²) in [5.41, 5.74) is -0.684. The molecular weight excluding hydrogens is 193 g/mol. The van der Waals surface area contributed by atoms with Gasteiger partial charge in [0.2, 0.25) is 0 Å². The average Bonchev–Trinajstić information content (AvgIpc) is 2.09. The van der Waals surface area contributed by atoms with Gasteiger partial charge in [-0.1, -0.05) is 6.58 Å². The van der Waals surface area contributed by atoms with Crippen LogP contribution in [0.5, 0.6) is 0 Å². The molecule has 0 aliphatic carbocycles. The fourth-order valence-electron chi connectivity index (χ4n) is 0.965. The zero-order valence-electron chi connectivity index (χ0n) is 7.40. The molecule has 0 heterocycles. The van der Waals surface area contributed by atoms with E-state index in [0.29, 0.717) is 6.07 Å². The molecule has 0 aliphatic rings. The summed E-state index contributed by atoms with van der Waals surface area (Å²) in [4.78, 5) is 10.8. The lowest BCUT2D eigenvalue weighted by Gasteiger charge is -2.04. The number of carbonyl (C=O) groups excluding carboxylic acids is 1. The van der Waals surface area contributed by atoms with Gasteiger partial charge >= 0.3 is 0 Å². The summed E-state index contributed by atoms with van der Waals surface area (Å²) in [7, 11) is 0. The summed E-state index contributed by atoms with van der Waals surface area (Å²) in [6.45, 7) is 4.39. The van der Waals surface area contributed by atoms with Crippen LogP contribution in [0, 0.1) is 17.5 Å². The monoisotopic (exact) mass is 200 g/mol. The second-order valence-corrected chi connectivity index (χ2v) is 2.78. The molecule has 1 nitrogen and oxygen atoms in total. The molecule has 0 saturated carbocycles. The van der Waals surface area contributed by atoms with Crippen LogP contribution >= 0.6 is 0 Å². The Morgan fingerprint density at radius 2 is 1.86 bits per heavy atom. The maximum Gasteiger partial charge on any atom is 0.166 e. The van der Waals surface area contributed by atoms with Crippen molar-refractivity contribution in [3.05, 3.63) is 41.7 Å². The van der Waals surface area contributed by atoms with Crippen LogP contribution in [0.4, 0.5) is 13.2 Å². The Morgan fingerprint density at radius 3 is 2.36 bits per heavy atom. The van der Waals surface area contributed by atoms with E-state index in [-0.39, 0.29) is 5.57 Å². The molecule has 4 heteroatoms. The normalized spacial score (nSPS) is 10.0. The van der Waals surface area contributed by atoms with E-state index >= 15 is 0 Å². The SMILES string of the molecule is C=C(C(C)=O)c1cc(F)cc(F)c1F. The van der Waals surface area contributed by atoms with E-state index in [9.17, 15) is 18.0 Å². The van der Waals surface area contributed by atoms with Crippen molar-refractivity contribution in [3.63, 3.8) is 0 Å². The summed E-state index contributed by atoms with van der Waals surface area (Å²) >= 11 is 0. The highest BCUT2D eigenvalue weighted by Gasteiger charge is 2.15. The molecule has 0 saturated heterocycles. The number of ketones is 1. The molecule has 0 radical (unpaired) electrons. The van der Waals surface area contributed by atoms with Crippen molar-refractivity contribution in [2.45, 2.75) is 6.92 Å². The Labute approximate surface area is 78.9 Å². The topological polar surface area (TPSA) is 17.1 Å². The maximum atomic E-state index is 13.0. The van der Waals surface area contributed by atoms with Gasteiger partial charge in [0, 0.05) is 17.2 Å². The van der Waals surface area contributed by atoms with Crippen molar-refractivity contribution in [3.8, 4) is 0 Å². The van der Waals surface area contributed by atoms with E-state index in [1.807, 2.05) is 0 Å². The van der Waals surface area contributed by atoms with E-state index < -0.39 is 28.8 Å². The Bertz CT molecular complexity index is 410. The summed E-state index contributed by atoms with van der Waals surface area (Å²) in [5, 5.41) is 0. The number of hydrogen-bond donors (Lipinski definition) is 0. The zero-order chi connectivity index (χ0) is 10.9. The van der Waals surface area contributed by atoms with Crippen molar-refractivity contribution < 1.29 is 18.0 Å². The first-order chi connectivity index (χ1) is 6.43. The van der Waals surface area contributed by atoms with Crippen LogP contribution < -0.4 is 0 Å². The van der Waals surface area contributed by atoms with Gasteiger partial charge in [-0.15, -0.1) is 0 Å². The lowest BCUT2D eigenvalue weighted by Crippen LogP contribution is -2.00. The highest BCUT2D eigenvalue weighted by atomic mass is 19.2. The predicted octanol–water partition coefficient (Wildman–Crippen LogP) is 2.71. The van der Waals surface area contributed by atoms with E-state index in [1.165, 1.54) is 0 Å². The van der Waals surface area contributed by atoms with Gasteiger partial charge in [0.1, 0.15) is 5.82 Å². The van der Waals surface area contributed by atoms with Crippen LogP contribution in [0.25, 0.3) is 5.57 Å². The number of allylic oxidation sites excluding steroid dienone is 1. The van der Waals surface area contributed by atoms with Crippen LogP contribution in [-0.4, -0.2) is 5.78 Å². The van der Waals surface area contributed by atoms with Gasteiger partial charge in [-0.25, -0.2) is 13.2 Å². The third-order valence-corrected chi connectivity index (χ3v) is 1.74. The first-order valence-electron chi connectivity index (χ1n) is 3.78. The molecule has 1 rings (SSSR count). The minimum absolute atomic E-state index is 0.249. The van der Waals surface area contributed by atoms with Crippen molar-refractivity contribution >= 4 is 11.4 Å². The molecule has 0 unspecified atom stereocenters. The van der Waals surface area contributed by atoms with Crippen molar-refractivity contribution in [2.24, 2.45) is 0 Å². The summed E-state index contributed by atoms with van der Waals surface area (Å²) in [6.07, 6.45) is 0. The highest BCUT2D eigenvalue weighted by Crippen LogP contribution is 2.21. The average molecular weight is 200 g/mol. The van der Waals surface area contributed by atoms with Crippen LogP contribution in [0.1, 0.15) is 12.5 Å². The minimum Gasteiger partial charge on any atom is -0.295 e. The molecule has 0 N–H and O–H groups in total. The van der Waals surface area contributed by atoms with Crippen LogP contribution in [0.15, 0.2) is 18.7 Å². The second kappa shape index (κ2) is 3.65. The summed E-state index contributed by atoms with van der Waals surface area (Å²) in [6, 6.07) is 1.15. The largest absolute Gasteiger partial charge is 0.295 e. The third kappa shape index (κ3) is 1.84. The number of Topliss-reactive ketones (excluding diaryl/α,β-unsaturated/α-hetero) is 1. The second-order valence-electron chi connectivity index (χ2n) is 2.78. The van der Waals surface area contributed by atoms with Crippen molar-refractivity contribution in [1.82, 2.24) is 0 Å². The number of benzene rings is 1. The summed E-state index contributed by atoms with van der Waals surface area (Å²) in [5.74, 6) is -4.07. The molecule has 0 aromatic heterocycles. The number of hydrogen-bond acceptors (Lipinski definition) is 1. The van der Waals surface area contributed by atoms with E-state index in [4.69, 9.17) is 0 Å². The minimum atomic E-state index is -1.33. The Balaban J connectivity index is 3.34. The fraction of sp³-hybridized carbons (Fsp3) is 0.100. The standard InChI is InChI=1S/C10H7F3O/c1-5(6(2)14)8-3-7(11)4-9(12)10(8)13/h3-4H,1H2,2H3. The highest BCUT2D eigenvalue weighted by molar-refractivity contribution is 6.18. The van der Waals surface area contributed by atoms with Crippen LogP contribution in [0.2, 0.25) is 0 Å². The van der Waals surface area contributed by atoms with Crippen molar-refractivity contribution in [2.75, 3.05) is 0 Å². The molecule has 0 atom stereocenters. The van der Waals surface area contributed by atoms with Crippen LogP contribution in [0.3, 0.4) is 0 Å². The molecule has 0 amide bonds. The van der Waals surface area contributed by atoms with E-state index in [2.05, 4.69) is 6.58 Å². The Hall–Kier alpha value is -1.58. The maximum absolute atomic E-state index is 13.0. The van der Waals surface area contributed by atoms with Gasteiger partial charge in [-0.2, -0.15) is 0 Å². The molecule has 0 fully saturated rings. The quantitative estimate of drug-likeness (QED) is 0.530. The van der Waals surface area contributed by atoms with Gasteiger partial charge in [-0.3, -0.25) is 4.79 Å². The molecule has 0 spiro atoms. The predicted molar refractivity (Wildman–Crippen MR) is 46.0 cm³/mol. The first-order valence-corrected chi connectivity index (χ1v) is 3.78. The van der Waals surface area contributed by atoms with Gasteiger partial charge in [-0.05, 0) is 13.0 Å². The molecule has 0 aliphatic heterocycles. The van der Waals surface area contributed by atoms with Crippen molar-refractivity contribution in [1.29, 1.82) is 0 Å². The molecule has 14 heavy (non-hydrogen) atoms. The Morgan fingerprint density at radius 1 is 1.29 bits per heavy atom. The molecule has 1 aromatic rings. The smallest absolute Gasteiger partial charge is 0.166 e. The Kier molecular flexibility index (Phi) is 2.74. The zero-order valence-corrected chi connectivity index (χ0v) is 7.40. The van der Waals surface area contributed by atoms with Crippen LogP contribution in [-0.2, 0) is 4.79 Å². The van der Waals surface area contributed by atoms with Gasteiger partial charge < -0.3 is 0 Å². The molecule has 1 aromatic carbocycles. The fourth-order valence-corrected chi connectivity index (χ4v) is 0.965. The third-order valence-electron chi connectivity index (χ3n) is 1.74. The molecular formula is C10H7F3O. The molecule has 74 valence electrons. The molecule has 0 bridgehead atoms. The lowest BCUT2D eigenvalue weighted by atomic mass is 10.0. The van der Waals surface area contributed by atoms with E-state index in [0.717, 1.165) is 13.0 Å². The number of rotatable bonds is 2. The summed E-state index contributed by atoms with van der Waals surface area (Å²) < 4.78 is 38.4. The van der Waals surface area contributed by atoms with Gasteiger partial charge in [0.05, 0.1) is 0 Å². The number of carbonyl (C=O) groups is 1. The number of halogens is 3. The lowest BCUT2D eigenvalue weighted by molar-refractivity contribution is -0.111. The van der Waals surface area contributed by atoms with Gasteiger partial charge in [0.15, 0.2) is 17.4 Å². The van der Waals surface area contributed by atoms with Gasteiger partial charge in [0.25, 0.3) is 0 Å². The first kappa shape index (κ1) is 10.5. The van der Waals surface area contributed by atoms with E-state index in [1.54, 1.807) is 0 Å².